The smallest absolute Gasteiger partial charge is 0.0638 e. The molecule has 0 radical (unpaired) electrons. The van der Waals surface area contributed by atoms with Gasteiger partial charge in [-0.15, -0.1) is 0 Å². The molecule has 1 fully saturated rings. The van der Waals surface area contributed by atoms with Gasteiger partial charge in [-0.1, -0.05) is 12.1 Å². The normalized spacial score (nSPS) is 24.4. The van der Waals surface area contributed by atoms with Crippen LogP contribution in [0.3, 0.4) is 0 Å². The van der Waals surface area contributed by atoms with Gasteiger partial charge in [0.05, 0.1) is 12.5 Å². The van der Waals surface area contributed by atoms with Crippen LogP contribution in [0, 0.1) is 18.3 Å². The average Bonchev–Trinajstić information content (AvgIpc) is 2.52. The largest absolute Gasteiger partial charge is 0.367 e. The Morgan fingerprint density at radius 1 is 1.50 bits per heavy atom. The molecule has 1 aromatic carbocycles. The van der Waals surface area contributed by atoms with E-state index in [1.165, 1.54) is 11.3 Å². The van der Waals surface area contributed by atoms with Crippen LogP contribution in [-0.4, -0.2) is 25.2 Å². The van der Waals surface area contributed by atoms with Gasteiger partial charge in [0.1, 0.15) is 0 Å². The topological polar surface area (TPSA) is 39.1 Å². The summed E-state index contributed by atoms with van der Waals surface area (Å²) in [5.74, 6) is 0. The zero-order valence-electron chi connectivity index (χ0n) is 11.2. The summed E-state index contributed by atoms with van der Waals surface area (Å²) in [6, 6.07) is 11.7. The Morgan fingerprint density at radius 2 is 2.33 bits per heavy atom. The number of aryl methyl sites for hydroxylation is 1. The minimum atomic E-state index is 0.278. The van der Waals surface area contributed by atoms with Gasteiger partial charge < -0.3 is 10.2 Å². The van der Waals surface area contributed by atoms with Gasteiger partial charge in [-0.05, 0) is 44.5 Å². The zero-order chi connectivity index (χ0) is 13.0. The van der Waals surface area contributed by atoms with Gasteiger partial charge in [-0.25, -0.2) is 0 Å². The van der Waals surface area contributed by atoms with Crippen molar-refractivity contribution in [3.05, 3.63) is 29.8 Å². The van der Waals surface area contributed by atoms with Crippen LogP contribution in [0.5, 0.6) is 0 Å². The van der Waals surface area contributed by atoms with Crippen molar-refractivity contribution in [1.29, 1.82) is 5.26 Å². The third-order valence-electron chi connectivity index (χ3n) is 3.62. The number of rotatable bonds is 2. The first-order valence-electron chi connectivity index (χ1n) is 6.64. The first kappa shape index (κ1) is 12.9. The van der Waals surface area contributed by atoms with Crippen molar-refractivity contribution < 1.29 is 0 Å². The number of nitriles is 1. The Morgan fingerprint density at radius 3 is 3.06 bits per heavy atom. The molecule has 2 atom stereocenters. The highest BCUT2D eigenvalue weighted by molar-refractivity contribution is 5.49. The van der Waals surface area contributed by atoms with Crippen LogP contribution in [0.25, 0.3) is 0 Å². The highest BCUT2D eigenvalue weighted by atomic mass is 15.2. The third kappa shape index (κ3) is 3.02. The van der Waals surface area contributed by atoms with Crippen molar-refractivity contribution in [3.8, 4) is 6.07 Å². The van der Waals surface area contributed by atoms with Crippen LogP contribution >= 0.6 is 0 Å². The molecule has 1 aliphatic heterocycles. The molecule has 3 heteroatoms. The Hall–Kier alpha value is -1.53. The van der Waals surface area contributed by atoms with E-state index in [2.05, 4.69) is 54.4 Å². The average molecular weight is 243 g/mol. The first-order chi connectivity index (χ1) is 8.70. The van der Waals surface area contributed by atoms with Gasteiger partial charge in [0.2, 0.25) is 0 Å². The molecule has 2 rings (SSSR count). The van der Waals surface area contributed by atoms with E-state index in [-0.39, 0.29) is 6.04 Å². The lowest BCUT2D eigenvalue weighted by molar-refractivity contribution is 0.552. The molecule has 0 aliphatic carbocycles. The Balaban J connectivity index is 2.20. The fourth-order valence-corrected chi connectivity index (χ4v) is 2.55. The fraction of sp³-hybridized carbons (Fsp3) is 0.533. The van der Waals surface area contributed by atoms with E-state index >= 15 is 0 Å². The van der Waals surface area contributed by atoms with Crippen LogP contribution in [0.4, 0.5) is 5.69 Å². The summed E-state index contributed by atoms with van der Waals surface area (Å²) in [6.07, 6.45) is 1.70. The van der Waals surface area contributed by atoms with Crippen molar-refractivity contribution in [2.45, 2.75) is 38.8 Å². The van der Waals surface area contributed by atoms with Crippen molar-refractivity contribution in [3.63, 3.8) is 0 Å². The van der Waals surface area contributed by atoms with E-state index in [0.717, 1.165) is 19.5 Å². The van der Waals surface area contributed by atoms with Crippen molar-refractivity contribution >= 4 is 5.69 Å². The SMILES string of the molecule is Cc1cccc(N2CC(CC#N)NCCC2C)c1. The summed E-state index contributed by atoms with van der Waals surface area (Å²) in [6.45, 7) is 6.30. The van der Waals surface area contributed by atoms with Crippen molar-refractivity contribution in [1.82, 2.24) is 5.32 Å². The highest BCUT2D eigenvalue weighted by Gasteiger charge is 2.22. The van der Waals surface area contributed by atoms with E-state index in [0.29, 0.717) is 12.5 Å². The number of nitrogens with one attached hydrogen (secondary N) is 1. The lowest BCUT2D eigenvalue weighted by Gasteiger charge is -2.31. The molecular formula is C15H21N3. The summed E-state index contributed by atoms with van der Waals surface area (Å²) in [7, 11) is 0. The number of nitrogens with zero attached hydrogens (tertiary/aromatic N) is 2. The summed E-state index contributed by atoms with van der Waals surface area (Å²) < 4.78 is 0. The standard InChI is InChI=1S/C15H21N3/c1-12-4-3-5-15(10-12)18-11-14(6-8-16)17-9-7-13(18)2/h3-5,10,13-14,17H,6-7,9,11H2,1-2H3. The summed E-state index contributed by atoms with van der Waals surface area (Å²) in [4.78, 5) is 2.43. The predicted molar refractivity (Wildman–Crippen MR) is 74.6 cm³/mol. The molecule has 0 bridgehead atoms. The number of anilines is 1. The quantitative estimate of drug-likeness (QED) is 0.867. The molecule has 0 aromatic heterocycles. The molecule has 96 valence electrons. The second-order valence-corrected chi connectivity index (χ2v) is 5.14. The summed E-state index contributed by atoms with van der Waals surface area (Å²) in [5, 5.41) is 12.3. The minimum Gasteiger partial charge on any atom is -0.367 e. The van der Waals surface area contributed by atoms with Crippen LogP contribution in [0.15, 0.2) is 24.3 Å². The molecule has 0 saturated carbocycles. The number of hydrogen-bond acceptors (Lipinski definition) is 3. The van der Waals surface area contributed by atoms with Crippen LogP contribution in [-0.2, 0) is 0 Å². The number of hydrogen-bond donors (Lipinski definition) is 1. The first-order valence-corrected chi connectivity index (χ1v) is 6.64. The Kier molecular flexibility index (Phi) is 4.22. The van der Waals surface area contributed by atoms with Gasteiger partial charge in [-0.2, -0.15) is 5.26 Å². The van der Waals surface area contributed by atoms with Gasteiger partial charge in [0.15, 0.2) is 0 Å². The van der Waals surface area contributed by atoms with Gasteiger partial charge >= 0.3 is 0 Å². The molecule has 1 aromatic rings. The molecular weight excluding hydrogens is 222 g/mol. The molecule has 2 unspecified atom stereocenters. The van der Waals surface area contributed by atoms with Crippen LogP contribution in [0.1, 0.15) is 25.3 Å². The molecule has 18 heavy (non-hydrogen) atoms. The molecule has 0 spiro atoms. The molecule has 0 amide bonds. The van der Waals surface area contributed by atoms with Crippen LogP contribution < -0.4 is 10.2 Å². The lowest BCUT2D eigenvalue weighted by Crippen LogP contribution is -2.40. The second-order valence-electron chi connectivity index (χ2n) is 5.14. The molecule has 1 saturated heterocycles. The van der Waals surface area contributed by atoms with E-state index in [1.54, 1.807) is 0 Å². The van der Waals surface area contributed by atoms with E-state index in [4.69, 9.17) is 5.26 Å². The van der Waals surface area contributed by atoms with Gasteiger partial charge in [0, 0.05) is 24.3 Å². The predicted octanol–water partition coefficient (Wildman–Crippen LogP) is 2.47. The molecule has 1 aliphatic rings. The maximum absolute atomic E-state index is 8.87. The maximum atomic E-state index is 8.87. The minimum absolute atomic E-state index is 0.278. The molecule has 1 heterocycles. The summed E-state index contributed by atoms with van der Waals surface area (Å²) in [5.41, 5.74) is 2.56. The lowest BCUT2D eigenvalue weighted by atomic mass is 10.1. The van der Waals surface area contributed by atoms with E-state index in [9.17, 15) is 0 Å². The Bertz CT molecular complexity index is 436. The van der Waals surface area contributed by atoms with Crippen molar-refractivity contribution in [2.24, 2.45) is 0 Å². The monoisotopic (exact) mass is 243 g/mol. The Labute approximate surface area is 109 Å². The van der Waals surface area contributed by atoms with Gasteiger partial charge in [-0.3, -0.25) is 0 Å². The molecule has 3 nitrogen and oxygen atoms in total. The van der Waals surface area contributed by atoms with Crippen molar-refractivity contribution in [2.75, 3.05) is 18.0 Å². The maximum Gasteiger partial charge on any atom is 0.0638 e. The van der Waals surface area contributed by atoms with Gasteiger partial charge in [0.25, 0.3) is 0 Å². The van der Waals surface area contributed by atoms with E-state index < -0.39 is 0 Å². The summed E-state index contributed by atoms with van der Waals surface area (Å²) >= 11 is 0. The highest BCUT2D eigenvalue weighted by Crippen LogP contribution is 2.22. The third-order valence-corrected chi connectivity index (χ3v) is 3.62. The zero-order valence-corrected chi connectivity index (χ0v) is 11.2. The van der Waals surface area contributed by atoms with Crippen LogP contribution in [0.2, 0.25) is 0 Å². The molecule has 1 N–H and O–H groups in total. The fourth-order valence-electron chi connectivity index (χ4n) is 2.55. The second kappa shape index (κ2) is 5.88. The van der Waals surface area contributed by atoms with E-state index in [1.807, 2.05) is 0 Å². The number of benzene rings is 1.